The maximum Gasteiger partial charge on any atom is 0.250 e. The molecule has 0 spiro atoms. The largest absolute Gasteiger partial charge is 0.609 e. The molecule has 142 valence electrons. The van der Waals surface area contributed by atoms with Gasteiger partial charge in [-0.2, -0.15) is 0 Å². The quantitative estimate of drug-likeness (QED) is 0.443. The number of ether oxygens (including phenoxy) is 3. The summed E-state index contributed by atoms with van der Waals surface area (Å²) in [4.78, 5) is 13.2. The van der Waals surface area contributed by atoms with Crippen LogP contribution in [0.2, 0.25) is 0 Å². The molecule has 0 radical (unpaired) electrons. The standard InChI is InChI=1S/C20H20O6S/c1-3-8-25-18-11-20-19(26-12-27(20)23)10-14(18)15(21)6-4-13-5-7-17(24-2)16(22)9-13/h4-7,9-11,22H,3,8,12H2,1-2H3/b6-4+. The maximum absolute atomic E-state index is 12.7. The van der Waals surface area contributed by atoms with Crippen LogP contribution in [-0.2, 0) is 11.2 Å². The molecule has 0 fully saturated rings. The smallest absolute Gasteiger partial charge is 0.250 e. The van der Waals surface area contributed by atoms with Crippen molar-refractivity contribution in [1.82, 2.24) is 0 Å². The second-order valence-corrected chi connectivity index (χ2v) is 7.25. The van der Waals surface area contributed by atoms with Crippen LogP contribution in [0.15, 0.2) is 41.3 Å². The minimum Gasteiger partial charge on any atom is -0.609 e. The van der Waals surface area contributed by atoms with Gasteiger partial charge in [0.25, 0.3) is 5.94 Å². The molecule has 2 aromatic rings. The summed E-state index contributed by atoms with van der Waals surface area (Å²) in [6.07, 6.45) is 3.77. The second-order valence-electron chi connectivity index (χ2n) is 5.88. The Morgan fingerprint density at radius 1 is 1.33 bits per heavy atom. The average molecular weight is 388 g/mol. The number of aromatic hydroxyl groups is 1. The van der Waals surface area contributed by atoms with Gasteiger partial charge in [0.2, 0.25) is 4.90 Å². The number of rotatable bonds is 7. The predicted molar refractivity (Wildman–Crippen MR) is 102 cm³/mol. The number of ketones is 1. The van der Waals surface area contributed by atoms with E-state index in [-0.39, 0.29) is 17.5 Å². The molecule has 1 aliphatic heterocycles. The molecular formula is C20H20O6S. The topological polar surface area (TPSA) is 88.1 Å². The van der Waals surface area contributed by atoms with Crippen LogP contribution in [0, 0.1) is 0 Å². The molecule has 6 nitrogen and oxygen atoms in total. The zero-order chi connectivity index (χ0) is 19.4. The van der Waals surface area contributed by atoms with Crippen LogP contribution in [0.5, 0.6) is 23.0 Å². The summed E-state index contributed by atoms with van der Waals surface area (Å²) in [7, 11) is 1.47. The van der Waals surface area contributed by atoms with E-state index in [0.717, 1.165) is 6.42 Å². The minimum atomic E-state index is -1.25. The van der Waals surface area contributed by atoms with Crippen LogP contribution in [0.4, 0.5) is 0 Å². The number of carbonyl (C=O) groups is 1. The van der Waals surface area contributed by atoms with Gasteiger partial charge >= 0.3 is 0 Å². The SMILES string of the molecule is CCCOc1cc2c(cc1C(=O)/C=C/c1ccc(OC)c(O)c1)OC[S+]2[O-]. The molecule has 0 amide bonds. The first kappa shape index (κ1) is 19.1. The normalized spacial score (nSPS) is 15.4. The third-order valence-electron chi connectivity index (χ3n) is 3.97. The van der Waals surface area contributed by atoms with Crippen molar-refractivity contribution in [2.75, 3.05) is 19.7 Å². The van der Waals surface area contributed by atoms with E-state index in [1.807, 2.05) is 6.92 Å². The van der Waals surface area contributed by atoms with Crippen LogP contribution in [0.25, 0.3) is 6.08 Å². The molecular weight excluding hydrogens is 368 g/mol. The van der Waals surface area contributed by atoms with Crippen LogP contribution < -0.4 is 14.2 Å². The number of phenols is 1. The van der Waals surface area contributed by atoms with Gasteiger partial charge in [-0.1, -0.05) is 19.1 Å². The molecule has 0 bridgehead atoms. The first-order valence-electron chi connectivity index (χ1n) is 8.45. The summed E-state index contributed by atoms with van der Waals surface area (Å²) in [5.74, 6) is 0.990. The fraction of sp³-hybridized carbons (Fsp3) is 0.250. The molecule has 1 unspecified atom stereocenters. The van der Waals surface area contributed by atoms with E-state index in [9.17, 15) is 14.5 Å². The van der Waals surface area contributed by atoms with Crippen molar-refractivity contribution >= 4 is 23.0 Å². The molecule has 0 saturated heterocycles. The van der Waals surface area contributed by atoms with Gasteiger partial charge in [0, 0.05) is 23.3 Å². The highest BCUT2D eigenvalue weighted by Gasteiger charge is 2.29. The lowest BCUT2D eigenvalue weighted by Crippen LogP contribution is -2.05. The van der Waals surface area contributed by atoms with Crippen molar-refractivity contribution in [3.05, 3.63) is 47.5 Å². The Bertz CT molecular complexity index is 877. The Morgan fingerprint density at radius 3 is 2.85 bits per heavy atom. The molecule has 1 atom stereocenters. The summed E-state index contributed by atoms with van der Waals surface area (Å²) in [5, 5.41) is 9.84. The highest BCUT2D eigenvalue weighted by molar-refractivity contribution is 7.91. The lowest BCUT2D eigenvalue weighted by molar-refractivity contribution is 0.104. The fourth-order valence-corrected chi connectivity index (χ4v) is 3.55. The van der Waals surface area contributed by atoms with Gasteiger partial charge in [-0.15, -0.1) is 0 Å². The van der Waals surface area contributed by atoms with Gasteiger partial charge in [-0.05, 0) is 30.2 Å². The van der Waals surface area contributed by atoms with Crippen molar-refractivity contribution in [3.8, 4) is 23.0 Å². The van der Waals surface area contributed by atoms with Gasteiger partial charge in [-0.3, -0.25) is 4.79 Å². The van der Waals surface area contributed by atoms with Gasteiger partial charge < -0.3 is 23.9 Å². The second kappa shape index (κ2) is 8.37. The molecule has 1 heterocycles. The Balaban J connectivity index is 1.88. The molecule has 1 N–H and O–H groups in total. The molecule has 3 rings (SSSR count). The maximum atomic E-state index is 12.7. The van der Waals surface area contributed by atoms with Crippen molar-refractivity contribution in [1.29, 1.82) is 0 Å². The summed E-state index contributed by atoms with van der Waals surface area (Å²) >= 11 is -1.25. The first-order valence-corrected chi connectivity index (χ1v) is 9.76. The predicted octanol–water partition coefficient (Wildman–Crippen LogP) is 3.54. The van der Waals surface area contributed by atoms with E-state index in [4.69, 9.17) is 14.2 Å². The van der Waals surface area contributed by atoms with Gasteiger partial charge in [0.05, 0.1) is 19.3 Å². The lowest BCUT2D eigenvalue weighted by Gasteiger charge is -2.10. The zero-order valence-corrected chi connectivity index (χ0v) is 15.9. The molecule has 0 saturated carbocycles. The van der Waals surface area contributed by atoms with Gasteiger partial charge in [0.15, 0.2) is 23.0 Å². The number of hydrogen-bond donors (Lipinski definition) is 1. The van der Waals surface area contributed by atoms with Crippen molar-refractivity contribution in [3.63, 3.8) is 0 Å². The van der Waals surface area contributed by atoms with Crippen LogP contribution in [0.1, 0.15) is 29.3 Å². The monoisotopic (exact) mass is 388 g/mol. The van der Waals surface area contributed by atoms with Crippen LogP contribution >= 0.6 is 0 Å². The van der Waals surface area contributed by atoms with E-state index < -0.39 is 11.2 Å². The number of benzene rings is 2. The van der Waals surface area contributed by atoms with E-state index in [1.54, 1.807) is 30.3 Å². The number of hydrogen-bond acceptors (Lipinski definition) is 6. The minimum absolute atomic E-state index is 0.00697. The van der Waals surface area contributed by atoms with Crippen molar-refractivity contribution in [2.24, 2.45) is 0 Å². The third-order valence-corrected chi connectivity index (χ3v) is 5.11. The Labute approximate surface area is 160 Å². The highest BCUT2D eigenvalue weighted by atomic mass is 32.2. The zero-order valence-electron chi connectivity index (χ0n) is 15.1. The molecule has 0 aromatic heterocycles. The number of allylic oxidation sites excluding steroid dienone is 1. The van der Waals surface area contributed by atoms with Crippen LogP contribution in [-0.4, -0.2) is 35.1 Å². The van der Waals surface area contributed by atoms with Gasteiger partial charge in [-0.25, -0.2) is 0 Å². The number of fused-ring (bicyclic) bond motifs is 1. The van der Waals surface area contributed by atoms with E-state index in [0.29, 0.717) is 39.9 Å². The van der Waals surface area contributed by atoms with Crippen LogP contribution in [0.3, 0.4) is 0 Å². The summed E-state index contributed by atoms with van der Waals surface area (Å²) in [6, 6.07) is 8.05. The molecule has 2 aromatic carbocycles. The third kappa shape index (κ3) is 4.20. The van der Waals surface area contributed by atoms with Crippen molar-refractivity contribution < 1.29 is 28.7 Å². The molecule has 0 aliphatic carbocycles. The number of methoxy groups -OCH3 is 1. The van der Waals surface area contributed by atoms with E-state index in [2.05, 4.69) is 0 Å². The number of phenolic OH excluding ortho intramolecular Hbond substituents is 1. The van der Waals surface area contributed by atoms with E-state index in [1.165, 1.54) is 19.3 Å². The Kier molecular flexibility index (Phi) is 5.93. The summed E-state index contributed by atoms with van der Waals surface area (Å²) < 4.78 is 28.0. The number of carbonyl (C=O) groups excluding carboxylic acids is 1. The Hall–Kier alpha value is -2.64. The first-order chi connectivity index (χ1) is 13.0. The highest BCUT2D eigenvalue weighted by Crippen LogP contribution is 2.37. The lowest BCUT2D eigenvalue weighted by atomic mass is 10.1. The van der Waals surface area contributed by atoms with Gasteiger partial charge in [0.1, 0.15) is 5.75 Å². The molecule has 7 heteroatoms. The summed E-state index contributed by atoms with van der Waals surface area (Å²) in [6.45, 7) is 2.41. The average Bonchev–Trinajstić information content (AvgIpc) is 3.03. The Morgan fingerprint density at radius 2 is 2.15 bits per heavy atom. The summed E-state index contributed by atoms with van der Waals surface area (Å²) in [5.41, 5.74) is 0.992. The van der Waals surface area contributed by atoms with E-state index >= 15 is 0 Å². The molecule has 1 aliphatic rings. The van der Waals surface area contributed by atoms with Crippen molar-refractivity contribution in [2.45, 2.75) is 18.2 Å². The fourth-order valence-electron chi connectivity index (χ4n) is 2.61. The molecule has 27 heavy (non-hydrogen) atoms.